The van der Waals surface area contributed by atoms with E-state index in [4.69, 9.17) is 10.00 Å². The van der Waals surface area contributed by atoms with Gasteiger partial charge in [0.2, 0.25) is 0 Å². The van der Waals surface area contributed by atoms with E-state index >= 15 is 0 Å². The summed E-state index contributed by atoms with van der Waals surface area (Å²) in [7, 11) is 0. The number of halogens is 2. The van der Waals surface area contributed by atoms with Crippen LogP contribution < -0.4 is 10.4 Å². The zero-order chi connectivity index (χ0) is 20.8. The van der Waals surface area contributed by atoms with E-state index < -0.39 is 17.7 Å². The van der Waals surface area contributed by atoms with Crippen molar-refractivity contribution in [1.29, 1.82) is 5.26 Å². The van der Waals surface area contributed by atoms with Gasteiger partial charge in [0.05, 0.1) is 12.1 Å². The van der Waals surface area contributed by atoms with Gasteiger partial charge in [-0.1, -0.05) is 0 Å². The first-order valence-electron chi connectivity index (χ1n) is 9.71. The molecule has 152 valence electrons. The third kappa shape index (κ3) is 3.05. The van der Waals surface area contributed by atoms with E-state index in [1.54, 1.807) is 12.1 Å². The first kappa shape index (κ1) is 18.5. The van der Waals surface area contributed by atoms with Crippen LogP contribution in [0.25, 0.3) is 0 Å². The molecule has 0 spiro atoms. The number of hydrogen-bond acceptors (Lipinski definition) is 5. The molecular weight excluding hydrogens is 392 g/mol. The Balaban J connectivity index is 1.34. The first-order valence-corrected chi connectivity index (χ1v) is 9.71. The molecule has 5 rings (SSSR count). The quantitative estimate of drug-likeness (QED) is 0.661. The number of hydrogen-bond donors (Lipinski definition) is 0. The van der Waals surface area contributed by atoms with E-state index in [0.717, 1.165) is 6.07 Å². The van der Waals surface area contributed by atoms with Crippen molar-refractivity contribution in [2.45, 2.75) is 43.9 Å². The standard InChI is InChI=1S/C21H17F2N5O2/c22-13-6-12(7-14(23)8-13)18-3-4-20-26-28(21(29)27(18)20)15-9-16(10-15)30-19-2-1-5-25-17(19)11-24/h1-2,5-8,15-16,18H,3-4,9-10H2/t15?,16?,18-/m0/s1. The molecule has 1 fully saturated rings. The highest BCUT2D eigenvalue weighted by Crippen LogP contribution is 2.36. The van der Waals surface area contributed by atoms with Crippen LogP contribution >= 0.6 is 0 Å². The largest absolute Gasteiger partial charge is 0.487 e. The van der Waals surface area contributed by atoms with Gasteiger partial charge in [-0.05, 0) is 36.2 Å². The molecule has 1 aromatic carbocycles. The molecule has 9 heteroatoms. The summed E-state index contributed by atoms with van der Waals surface area (Å²) in [6.45, 7) is 0. The summed E-state index contributed by atoms with van der Waals surface area (Å²) < 4.78 is 36.1. The average Bonchev–Trinajstić information content (AvgIpc) is 3.24. The third-order valence-corrected chi connectivity index (χ3v) is 5.71. The zero-order valence-corrected chi connectivity index (χ0v) is 15.8. The van der Waals surface area contributed by atoms with Gasteiger partial charge in [-0.15, -0.1) is 0 Å². The topological polar surface area (TPSA) is 85.7 Å². The van der Waals surface area contributed by atoms with Crippen LogP contribution in [0.3, 0.4) is 0 Å². The second kappa shape index (κ2) is 7.06. The zero-order valence-electron chi connectivity index (χ0n) is 15.8. The molecule has 2 aliphatic rings. The molecule has 1 atom stereocenters. The van der Waals surface area contributed by atoms with Crippen LogP contribution in [0.2, 0.25) is 0 Å². The molecule has 1 saturated carbocycles. The van der Waals surface area contributed by atoms with Crippen LogP contribution in [0.15, 0.2) is 41.3 Å². The van der Waals surface area contributed by atoms with Gasteiger partial charge >= 0.3 is 5.69 Å². The first-order chi connectivity index (χ1) is 14.5. The highest BCUT2D eigenvalue weighted by molar-refractivity contribution is 5.36. The van der Waals surface area contributed by atoms with Gasteiger partial charge in [0.25, 0.3) is 0 Å². The van der Waals surface area contributed by atoms with Gasteiger partial charge in [-0.25, -0.2) is 23.2 Å². The molecule has 0 bridgehead atoms. The lowest BCUT2D eigenvalue weighted by atomic mass is 9.89. The molecule has 7 nitrogen and oxygen atoms in total. The van der Waals surface area contributed by atoms with E-state index in [1.807, 2.05) is 6.07 Å². The van der Waals surface area contributed by atoms with Crippen LogP contribution in [0.1, 0.15) is 48.4 Å². The van der Waals surface area contributed by atoms with Crippen LogP contribution in [0.5, 0.6) is 5.75 Å². The Hall–Kier alpha value is -3.54. The lowest BCUT2D eigenvalue weighted by Gasteiger charge is -2.34. The lowest BCUT2D eigenvalue weighted by molar-refractivity contribution is 0.0617. The summed E-state index contributed by atoms with van der Waals surface area (Å²) in [6.07, 6.45) is 3.70. The van der Waals surface area contributed by atoms with E-state index in [9.17, 15) is 13.6 Å². The van der Waals surface area contributed by atoms with E-state index in [-0.39, 0.29) is 23.5 Å². The van der Waals surface area contributed by atoms with E-state index in [0.29, 0.717) is 42.8 Å². The van der Waals surface area contributed by atoms with Gasteiger partial charge in [0.1, 0.15) is 29.6 Å². The molecule has 0 N–H and O–H groups in total. The summed E-state index contributed by atoms with van der Waals surface area (Å²) >= 11 is 0. The predicted molar refractivity (Wildman–Crippen MR) is 101 cm³/mol. The Morgan fingerprint density at radius 2 is 1.97 bits per heavy atom. The molecule has 3 heterocycles. The second-order valence-corrected chi connectivity index (χ2v) is 7.60. The Kier molecular flexibility index (Phi) is 4.35. The van der Waals surface area contributed by atoms with E-state index in [1.165, 1.54) is 27.6 Å². The summed E-state index contributed by atoms with van der Waals surface area (Å²) in [5.41, 5.74) is 0.382. The number of nitrogens with zero attached hydrogens (tertiary/aromatic N) is 5. The molecule has 3 aromatic rings. The summed E-state index contributed by atoms with van der Waals surface area (Å²) in [5.74, 6) is -0.274. The highest BCUT2D eigenvalue weighted by atomic mass is 19.1. The Bertz CT molecular complexity index is 1200. The Labute approximate surface area is 170 Å². The third-order valence-electron chi connectivity index (χ3n) is 5.71. The molecule has 2 aromatic heterocycles. The van der Waals surface area contributed by atoms with Crippen molar-refractivity contribution in [3.8, 4) is 11.8 Å². The van der Waals surface area contributed by atoms with Gasteiger partial charge in [0, 0.05) is 31.5 Å². The number of fused-ring (bicyclic) bond motifs is 1. The van der Waals surface area contributed by atoms with Crippen molar-refractivity contribution in [1.82, 2.24) is 19.3 Å². The monoisotopic (exact) mass is 409 g/mol. The average molecular weight is 409 g/mol. The molecule has 0 amide bonds. The molecular formula is C21H17F2N5O2. The van der Waals surface area contributed by atoms with E-state index in [2.05, 4.69) is 10.1 Å². The van der Waals surface area contributed by atoms with Crippen molar-refractivity contribution >= 4 is 0 Å². The minimum Gasteiger partial charge on any atom is -0.487 e. The van der Waals surface area contributed by atoms with Crippen LogP contribution in [-0.4, -0.2) is 25.4 Å². The minimum atomic E-state index is -0.662. The number of rotatable bonds is 4. The van der Waals surface area contributed by atoms with Crippen molar-refractivity contribution in [3.63, 3.8) is 0 Å². The van der Waals surface area contributed by atoms with Crippen molar-refractivity contribution in [3.05, 3.63) is 75.7 Å². The second-order valence-electron chi connectivity index (χ2n) is 7.60. The maximum absolute atomic E-state index is 13.6. The van der Waals surface area contributed by atoms with Crippen LogP contribution in [0, 0.1) is 23.0 Å². The van der Waals surface area contributed by atoms with Crippen LogP contribution in [-0.2, 0) is 6.42 Å². The normalized spacial score (nSPS) is 22.2. The Morgan fingerprint density at radius 3 is 2.70 bits per heavy atom. The van der Waals surface area contributed by atoms with Gasteiger partial charge < -0.3 is 4.74 Å². The SMILES string of the molecule is N#Cc1ncccc1OC1CC(n2nc3n(c2=O)[C@H](c2cc(F)cc(F)c2)CC3)C1. The fourth-order valence-corrected chi connectivity index (χ4v) is 4.22. The number of nitriles is 1. The number of aromatic nitrogens is 4. The lowest BCUT2D eigenvalue weighted by Crippen LogP contribution is -2.41. The smallest absolute Gasteiger partial charge is 0.346 e. The van der Waals surface area contributed by atoms with Crippen molar-refractivity contribution < 1.29 is 13.5 Å². The molecule has 1 aliphatic heterocycles. The van der Waals surface area contributed by atoms with Gasteiger partial charge in [0.15, 0.2) is 11.4 Å². The molecule has 0 saturated heterocycles. The minimum absolute atomic E-state index is 0.118. The number of ether oxygens (including phenoxy) is 1. The highest BCUT2D eigenvalue weighted by Gasteiger charge is 2.38. The number of benzene rings is 1. The summed E-state index contributed by atoms with van der Waals surface area (Å²) in [6, 6.07) is 8.20. The van der Waals surface area contributed by atoms with Crippen LogP contribution in [0.4, 0.5) is 8.78 Å². The molecule has 0 unspecified atom stereocenters. The fraction of sp³-hybridized carbons (Fsp3) is 0.333. The maximum Gasteiger partial charge on any atom is 0.346 e. The number of aryl methyl sites for hydroxylation is 1. The fourth-order valence-electron chi connectivity index (χ4n) is 4.22. The Morgan fingerprint density at radius 1 is 1.20 bits per heavy atom. The van der Waals surface area contributed by atoms with Gasteiger partial charge in [-0.2, -0.15) is 10.4 Å². The molecule has 30 heavy (non-hydrogen) atoms. The summed E-state index contributed by atoms with van der Waals surface area (Å²) in [5, 5.41) is 13.6. The molecule has 0 radical (unpaired) electrons. The maximum atomic E-state index is 13.6. The summed E-state index contributed by atoms with van der Waals surface area (Å²) in [4.78, 5) is 17.0. The predicted octanol–water partition coefficient (Wildman–Crippen LogP) is 2.91. The molecule has 1 aliphatic carbocycles. The van der Waals surface area contributed by atoms with Crippen molar-refractivity contribution in [2.24, 2.45) is 0 Å². The number of pyridine rings is 1. The van der Waals surface area contributed by atoms with Gasteiger partial charge in [-0.3, -0.25) is 4.57 Å². The van der Waals surface area contributed by atoms with Crippen molar-refractivity contribution in [2.75, 3.05) is 0 Å².